The van der Waals surface area contributed by atoms with Crippen LogP contribution in [0.5, 0.6) is 5.75 Å². The number of ether oxygens (including phenoxy) is 2. The van der Waals surface area contributed by atoms with Crippen LogP contribution in [0.25, 0.3) is 0 Å². The molecule has 1 heterocycles. The first-order valence-electron chi connectivity index (χ1n) is 9.76. The molecule has 5 nitrogen and oxygen atoms in total. The third-order valence-corrected chi connectivity index (χ3v) is 6.35. The number of nitrogens with one attached hydrogen (secondary N) is 1. The average molecular weight is 396 g/mol. The predicted octanol–water partition coefficient (Wildman–Crippen LogP) is 4.22. The minimum atomic E-state index is -0.396. The topological polar surface area (TPSA) is 67.8 Å². The Labute approximate surface area is 166 Å². The molecule has 2 fully saturated rings. The zero-order valence-corrected chi connectivity index (χ0v) is 17.1. The fourth-order valence-electron chi connectivity index (χ4n) is 4.69. The highest BCUT2D eigenvalue weighted by Crippen LogP contribution is 2.49. The number of carbonyl (C=O) groups excluding carboxylic acids is 1. The average Bonchev–Trinajstić information content (AvgIpc) is 2.61. The lowest BCUT2D eigenvalue weighted by atomic mass is 9.66. The third kappa shape index (κ3) is 4.58. The van der Waals surface area contributed by atoms with Gasteiger partial charge in [-0.15, -0.1) is 0 Å². The van der Waals surface area contributed by atoms with E-state index in [1.165, 1.54) is 0 Å². The van der Waals surface area contributed by atoms with Gasteiger partial charge < -0.3 is 19.9 Å². The van der Waals surface area contributed by atoms with Crippen molar-refractivity contribution in [3.63, 3.8) is 0 Å². The van der Waals surface area contributed by atoms with Gasteiger partial charge in [0.1, 0.15) is 5.75 Å². The molecule has 1 amide bonds. The molecular formula is C21H30ClNO4. The van der Waals surface area contributed by atoms with Gasteiger partial charge in [-0.25, -0.2) is 0 Å². The Morgan fingerprint density at radius 3 is 2.96 bits per heavy atom. The van der Waals surface area contributed by atoms with Crippen LogP contribution in [0.15, 0.2) is 18.2 Å². The fourth-order valence-corrected chi connectivity index (χ4v) is 4.87. The number of rotatable bonds is 5. The highest BCUT2D eigenvalue weighted by atomic mass is 35.5. The van der Waals surface area contributed by atoms with Gasteiger partial charge in [-0.3, -0.25) is 4.79 Å². The van der Waals surface area contributed by atoms with E-state index in [2.05, 4.69) is 19.2 Å². The van der Waals surface area contributed by atoms with Gasteiger partial charge in [0.2, 0.25) is 5.91 Å². The van der Waals surface area contributed by atoms with Crippen LogP contribution in [0, 0.1) is 11.8 Å². The summed E-state index contributed by atoms with van der Waals surface area (Å²) in [6, 6.07) is 5.03. The second-order valence-electron chi connectivity index (χ2n) is 8.30. The van der Waals surface area contributed by atoms with Gasteiger partial charge in [-0.05, 0) is 43.9 Å². The van der Waals surface area contributed by atoms with Crippen LogP contribution in [0.1, 0.15) is 57.6 Å². The molecular weight excluding hydrogens is 366 g/mol. The number of phenolic OH excluding ortho intramolecular Hbond substituents is 1. The SMILES string of the molecule is COCCC(=O)N[C@@]1(C)C[C@H](c2cc(Cl)ccc2O)O[C@@H]2C[C@H](C)CC[C@H]21. The summed E-state index contributed by atoms with van der Waals surface area (Å²) in [6.07, 6.45) is 3.83. The summed E-state index contributed by atoms with van der Waals surface area (Å²) in [5.74, 6) is 1.02. The van der Waals surface area contributed by atoms with Gasteiger partial charge >= 0.3 is 0 Å². The van der Waals surface area contributed by atoms with Crippen molar-refractivity contribution < 1.29 is 19.4 Å². The number of methoxy groups -OCH3 is 1. The number of carbonyl (C=O) groups is 1. The Kier molecular flexibility index (Phi) is 6.34. The molecule has 1 saturated carbocycles. The Bertz CT molecular complexity index is 682. The summed E-state index contributed by atoms with van der Waals surface area (Å²) >= 11 is 6.16. The molecule has 0 spiro atoms. The predicted molar refractivity (Wildman–Crippen MR) is 105 cm³/mol. The van der Waals surface area contributed by atoms with Gasteiger partial charge in [-0.2, -0.15) is 0 Å². The van der Waals surface area contributed by atoms with Gasteiger partial charge in [0, 0.05) is 42.0 Å². The number of fused-ring (bicyclic) bond motifs is 1. The van der Waals surface area contributed by atoms with E-state index in [0.717, 1.165) is 19.3 Å². The first-order valence-corrected chi connectivity index (χ1v) is 10.1. The van der Waals surface area contributed by atoms with Crippen molar-refractivity contribution in [2.75, 3.05) is 13.7 Å². The minimum Gasteiger partial charge on any atom is -0.508 e. The standard InChI is InChI=1S/C21H30ClNO4/c1-13-4-6-16-18(10-13)27-19(15-11-14(22)5-7-17(15)24)12-21(16,2)23-20(25)8-9-26-3/h5,7,11,13,16,18-19,24H,4,6,8-10,12H2,1-3H3,(H,23,25)/t13-,16-,18-,19-,21+/m1/s1. The second-order valence-corrected chi connectivity index (χ2v) is 8.74. The third-order valence-electron chi connectivity index (χ3n) is 6.12. The van der Waals surface area contributed by atoms with E-state index in [1.807, 2.05) is 0 Å². The molecule has 0 aromatic heterocycles. The van der Waals surface area contributed by atoms with Crippen molar-refractivity contribution in [2.45, 2.75) is 63.7 Å². The molecule has 1 aromatic rings. The van der Waals surface area contributed by atoms with Crippen LogP contribution in [0.3, 0.4) is 0 Å². The van der Waals surface area contributed by atoms with Crippen molar-refractivity contribution in [3.8, 4) is 5.75 Å². The lowest BCUT2D eigenvalue weighted by molar-refractivity contribution is -0.154. The number of halogens is 1. The molecule has 6 heteroatoms. The maximum absolute atomic E-state index is 12.5. The minimum absolute atomic E-state index is 0.00677. The molecule has 0 bridgehead atoms. The molecule has 2 N–H and O–H groups in total. The normalized spacial score (nSPS) is 33.3. The number of benzene rings is 1. The molecule has 1 saturated heterocycles. The lowest BCUT2D eigenvalue weighted by Gasteiger charge is -2.52. The summed E-state index contributed by atoms with van der Waals surface area (Å²) in [4.78, 5) is 12.5. The smallest absolute Gasteiger partial charge is 0.222 e. The first-order chi connectivity index (χ1) is 12.8. The van der Waals surface area contributed by atoms with E-state index in [1.54, 1.807) is 25.3 Å². The van der Waals surface area contributed by atoms with Crippen LogP contribution >= 0.6 is 11.6 Å². The number of amides is 1. The van der Waals surface area contributed by atoms with Gasteiger partial charge in [-0.1, -0.05) is 24.9 Å². The van der Waals surface area contributed by atoms with Gasteiger partial charge in [0.25, 0.3) is 0 Å². The number of aromatic hydroxyl groups is 1. The summed E-state index contributed by atoms with van der Waals surface area (Å²) in [5, 5.41) is 14.2. The quantitative estimate of drug-likeness (QED) is 0.783. The summed E-state index contributed by atoms with van der Waals surface area (Å²) in [7, 11) is 1.60. The Morgan fingerprint density at radius 2 is 2.22 bits per heavy atom. The summed E-state index contributed by atoms with van der Waals surface area (Å²) < 4.78 is 11.5. The monoisotopic (exact) mass is 395 g/mol. The van der Waals surface area contributed by atoms with E-state index >= 15 is 0 Å². The lowest BCUT2D eigenvalue weighted by Crippen LogP contribution is -2.60. The molecule has 150 valence electrons. The largest absolute Gasteiger partial charge is 0.508 e. The number of hydrogen-bond donors (Lipinski definition) is 2. The molecule has 2 aliphatic rings. The van der Waals surface area contributed by atoms with Crippen LogP contribution < -0.4 is 5.32 Å². The van der Waals surface area contributed by atoms with Gasteiger partial charge in [0.15, 0.2) is 0 Å². The summed E-state index contributed by atoms with van der Waals surface area (Å²) in [6.45, 7) is 4.76. The molecule has 3 rings (SSSR count). The van der Waals surface area contributed by atoms with E-state index in [9.17, 15) is 9.90 Å². The molecule has 27 heavy (non-hydrogen) atoms. The summed E-state index contributed by atoms with van der Waals surface area (Å²) in [5.41, 5.74) is 0.296. The maximum atomic E-state index is 12.5. The van der Waals surface area contributed by atoms with E-state index < -0.39 is 5.54 Å². The molecule has 1 aliphatic heterocycles. The van der Waals surface area contributed by atoms with E-state index in [0.29, 0.717) is 36.0 Å². The van der Waals surface area contributed by atoms with E-state index in [-0.39, 0.29) is 29.8 Å². The van der Waals surface area contributed by atoms with Crippen LogP contribution in [0.2, 0.25) is 5.02 Å². The van der Waals surface area contributed by atoms with E-state index in [4.69, 9.17) is 21.1 Å². The number of hydrogen-bond acceptors (Lipinski definition) is 4. The van der Waals surface area contributed by atoms with Crippen molar-refractivity contribution in [1.82, 2.24) is 5.32 Å². The van der Waals surface area contributed by atoms with Crippen molar-refractivity contribution in [3.05, 3.63) is 28.8 Å². The molecule has 0 radical (unpaired) electrons. The fraction of sp³-hybridized carbons (Fsp3) is 0.667. The highest BCUT2D eigenvalue weighted by molar-refractivity contribution is 6.30. The van der Waals surface area contributed by atoms with Crippen LogP contribution in [-0.2, 0) is 14.3 Å². The van der Waals surface area contributed by atoms with Crippen molar-refractivity contribution in [2.24, 2.45) is 11.8 Å². The Balaban J connectivity index is 1.87. The Morgan fingerprint density at radius 1 is 1.44 bits per heavy atom. The van der Waals surface area contributed by atoms with Crippen molar-refractivity contribution in [1.29, 1.82) is 0 Å². The second kappa shape index (κ2) is 8.38. The molecule has 0 unspecified atom stereocenters. The Hall–Kier alpha value is -1.30. The van der Waals surface area contributed by atoms with Crippen LogP contribution in [-0.4, -0.2) is 36.4 Å². The molecule has 1 aliphatic carbocycles. The maximum Gasteiger partial charge on any atom is 0.222 e. The first kappa shape index (κ1) is 20.4. The zero-order chi connectivity index (χ0) is 19.6. The van der Waals surface area contributed by atoms with Gasteiger partial charge in [0.05, 0.1) is 18.8 Å². The molecule has 1 aromatic carbocycles. The van der Waals surface area contributed by atoms with Crippen LogP contribution in [0.4, 0.5) is 0 Å². The molecule has 5 atom stereocenters. The zero-order valence-electron chi connectivity index (χ0n) is 16.3. The number of phenols is 1. The van der Waals surface area contributed by atoms with Crippen molar-refractivity contribution >= 4 is 17.5 Å². The highest BCUT2D eigenvalue weighted by Gasteiger charge is 2.49.